The van der Waals surface area contributed by atoms with E-state index >= 15 is 0 Å². The smallest absolute Gasteiger partial charge is 0.0548 e. The number of aliphatic imine (C=N–C) groups is 1. The Labute approximate surface area is 128 Å². The van der Waals surface area contributed by atoms with Crippen LogP contribution in [0.15, 0.2) is 23.3 Å². The van der Waals surface area contributed by atoms with Crippen LogP contribution in [0.2, 0.25) is 0 Å². The van der Waals surface area contributed by atoms with Gasteiger partial charge in [0.1, 0.15) is 0 Å². The Kier molecular flexibility index (Phi) is 6.83. The zero-order valence-corrected chi connectivity index (χ0v) is 13.4. The van der Waals surface area contributed by atoms with Crippen LogP contribution in [-0.2, 0) is 6.54 Å². The van der Waals surface area contributed by atoms with Gasteiger partial charge in [-0.2, -0.15) is 0 Å². The highest BCUT2D eigenvalue weighted by Gasteiger charge is 2.18. The third-order valence-electron chi connectivity index (χ3n) is 3.59. The van der Waals surface area contributed by atoms with Crippen molar-refractivity contribution in [1.82, 2.24) is 15.2 Å². The minimum Gasteiger partial charge on any atom is -0.311 e. The lowest BCUT2D eigenvalue weighted by Crippen LogP contribution is -2.17. The van der Waals surface area contributed by atoms with Gasteiger partial charge in [-0.1, -0.05) is 6.42 Å². The molecule has 0 saturated heterocycles. The van der Waals surface area contributed by atoms with Crippen molar-refractivity contribution in [3.63, 3.8) is 0 Å². The molecule has 116 valence electrons. The van der Waals surface area contributed by atoms with Crippen molar-refractivity contribution in [3.8, 4) is 0 Å². The highest BCUT2D eigenvalue weighted by Crippen LogP contribution is 2.23. The van der Waals surface area contributed by atoms with Gasteiger partial charge in [0.2, 0.25) is 0 Å². The highest BCUT2D eigenvalue weighted by atomic mass is 15.0. The Morgan fingerprint density at radius 3 is 2.95 bits per heavy atom. The molecule has 0 aromatic carbocycles. The average Bonchev–Trinajstić information content (AvgIpc) is 3.28. The van der Waals surface area contributed by atoms with Crippen LogP contribution in [0.25, 0.3) is 0 Å². The van der Waals surface area contributed by atoms with Gasteiger partial charge in [0, 0.05) is 19.0 Å². The molecule has 0 amide bonds. The van der Waals surface area contributed by atoms with Crippen molar-refractivity contribution in [2.75, 3.05) is 27.2 Å². The largest absolute Gasteiger partial charge is 0.311 e. The normalized spacial score (nSPS) is 15.2. The van der Waals surface area contributed by atoms with Gasteiger partial charge < -0.3 is 10.2 Å². The first-order valence-corrected chi connectivity index (χ1v) is 8.07. The summed E-state index contributed by atoms with van der Waals surface area (Å²) in [6.07, 6.45) is 10.2. The second kappa shape index (κ2) is 8.90. The standard InChI is InChI=1S/C17H28N4/c1-21(2)11-5-3-4-9-18-14-17-12-15(8-10-19-17)13-20-16-6-7-16/h8,10,12-13,16,18H,3-7,9,11,14H2,1-2H3. The molecule has 1 N–H and O–H groups in total. The molecule has 1 aliphatic rings. The van der Waals surface area contributed by atoms with E-state index in [1.165, 1.54) is 44.2 Å². The molecule has 1 aromatic heterocycles. The summed E-state index contributed by atoms with van der Waals surface area (Å²) in [6.45, 7) is 3.10. The van der Waals surface area contributed by atoms with E-state index in [0.29, 0.717) is 6.04 Å². The molecule has 0 bridgehead atoms. The molecule has 1 saturated carbocycles. The van der Waals surface area contributed by atoms with Crippen molar-refractivity contribution in [3.05, 3.63) is 29.6 Å². The number of pyridine rings is 1. The van der Waals surface area contributed by atoms with Gasteiger partial charge >= 0.3 is 0 Å². The van der Waals surface area contributed by atoms with Gasteiger partial charge in [0.25, 0.3) is 0 Å². The first-order valence-electron chi connectivity index (χ1n) is 8.07. The van der Waals surface area contributed by atoms with Gasteiger partial charge in [0.15, 0.2) is 0 Å². The number of unbranched alkanes of at least 4 members (excludes halogenated alkanes) is 2. The number of nitrogens with one attached hydrogen (secondary N) is 1. The number of hydrogen-bond donors (Lipinski definition) is 1. The lowest BCUT2D eigenvalue weighted by Gasteiger charge is -2.09. The number of aromatic nitrogens is 1. The third kappa shape index (κ3) is 7.34. The van der Waals surface area contributed by atoms with Gasteiger partial charge in [0.05, 0.1) is 11.7 Å². The van der Waals surface area contributed by atoms with Gasteiger partial charge in [-0.3, -0.25) is 9.98 Å². The van der Waals surface area contributed by atoms with E-state index in [9.17, 15) is 0 Å². The van der Waals surface area contributed by atoms with Crippen molar-refractivity contribution in [2.24, 2.45) is 4.99 Å². The molecule has 0 spiro atoms. The highest BCUT2D eigenvalue weighted by molar-refractivity contribution is 5.79. The van der Waals surface area contributed by atoms with Crippen LogP contribution in [0.1, 0.15) is 43.4 Å². The topological polar surface area (TPSA) is 40.5 Å². The van der Waals surface area contributed by atoms with E-state index < -0.39 is 0 Å². The maximum absolute atomic E-state index is 4.51. The lowest BCUT2D eigenvalue weighted by atomic mass is 10.2. The minimum absolute atomic E-state index is 0.585. The van der Waals surface area contributed by atoms with Crippen molar-refractivity contribution >= 4 is 6.21 Å². The summed E-state index contributed by atoms with van der Waals surface area (Å²) in [5.74, 6) is 0. The molecule has 1 aliphatic carbocycles. The summed E-state index contributed by atoms with van der Waals surface area (Å²) in [5.41, 5.74) is 2.27. The van der Waals surface area contributed by atoms with Crippen molar-refractivity contribution < 1.29 is 0 Å². The first kappa shape index (κ1) is 16.1. The minimum atomic E-state index is 0.585. The summed E-state index contributed by atoms with van der Waals surface area (Å²) >= 11 is 0. The maximum Gasteiger partial charge on any atom is 0.0548 e. The Bertz CT molecular complexity index is 438. The molecule has 1 fully saturated rings. The molecule has 0 unspecified atom stereocenters. The fraction of sp³-hybridized carbons (Fsp3) is 0.647. The van der Waals surface area contributed by atoms with Crippen molar-refractivity contribution in [2.45, 2.75) is 44.7 Å². The second-order valence-electron chi connectivity index (χ2n) is 6.13. The molecule has 21 heavy (non-hydrogen) atoms. The molecule has 4 heteroatoms. The number of rotatable bonds is 10. The predicted molar refractivity (Wildman–Crippen MR) is 89.0 cm³/mol. The summed E-state index contributed by atoms with van der Waals surface area (Å²) in [5, 5.41) is 3.47. The quantitative estimate of drug-likeness (QED) is 0.531. The fourth-order valence-electron chi connectivity index (χ4n) is 2.16. The Morgan fingerprint density at radius 2 is 2.19 bits per heavy atom. The van der Waals surface area contributed by atoms with Gasteiger partial charge in [-0.15, -0.1) is 0 Å². The van der Waals surface area contributed by atoms with Crippen LogP contribution in [0, 0.1) is 0 Å². The van der Waals surface area contributed by atoms with Crippen molar-refractivity contribution in [1.29, 1.82) is 0 Å². The number of hydrogen-bond acceptors (Lipinski definition) is 4. The monoisotopic (exact) mass is 288 g/mol. The summed E-state index contributed by atoms with van der Waals surface area (Å²) in [6, 6.07) is 4.74. The van der Waals surface area contributed by atoms with Crippen LogP contribution in [0.4, 0.5) is 0 Å². The third-order valence-corrected chi connectivity index (χ3v) is 3.59. The van der Waals surface area contributed by atoms with Crippen LogP contribution in [0.3, 0.4) is 0 Å². The zero-order valence-electron chi connectivity index (χ0n) is 13.4. The average molecular weight is 288 g/mol. The van der Waals surface area contributed by atoms with Crippen LogP contribution in [-0.4, -0.2) is 49.3 Å². The molecule has 0 atom stereocenters. The van der Waals surface area contributed by atoms with Crippen LogP contribution >= 0.6 is 0 Å². The summed E-state index contributed by atoms with van der Waals surface area (Å²) < 4.78 is 0. The molecule has 2 rings (SSSR count). The van der Waals surface area contributed by atoms with E-state index in [1.807, 2.05) is 18.5 Å². The Balaban J connectivity index is 1.60. The Morgan fingerprint density at radius 1 is 1.33 bits per heavy atom. The summed E-state index contributed by atoms with van der Waals surface area (Å²) in [7, 11) is 4.26. The zero-order chi connectivity index (χ0) is 14.9. The molecule has 1 aromatic rings. The number of nitrogens with zero attached hydrogens (tertiary/aromatic N) is 3. The molecule has 4 nitrogen and oxygen atoms in total. The van der Waals surface area contributed by atoms with E-state index in [2.05, 4.69) is 40.4 Å². The molecular weight excluding hydrogens is 260 g/mol. The van der Waals surface area contributed by atoms with Gasteiger partial charge in [-0.05, 0) is 70.6 Å². The van der Waals surface area contributed by atoms with Crippen LogP contribution in [0.5, 0.6) is 0 Å². The maximum atomic E-state index is 4.51. The fourth-order valence-corrected chi connectivity index (χ4v) is 2.16. The SMILES string of the molecule is CN(C)CCCCCNCc1cc(C=NC2CC2)ccn1. The van der Waals surface area contributed by atoms with E-state index in [1.54, 1.807) is 0 Å². The molecule has 0 radical (unpaired) electrons. The van der Waals surface area contributed by atoms with E-state index in [0.717, 1.165) is 18.8 Å². The first-order chi connectivity index (χ1) is 10.2. The molecule has 1 heterocycles. The molecule has 0 aliphatic heterocycles. The van der Waals surface area contributed by atoms with Crippen LogP contribution < -0.4 is 5.32 Å². The summed E-state index contributed by atoms with van der Waals surface area (Å²) in [4.78, 5) is 11.2. The van der Waals surface area contributed by atoms with E-state index in [-0.39, 0.29) is 0 Å². The van der Waals surface area contributed by atoms with E-state index in [4.69, 9.17) is 0 Å². The Hall–Kier alpha value is -1.26. The van der Waals surface area contributed by atoms with Gasteiger partial charge in [-0.25, -0.2) is 0 Å². The lowest BCUT2D eigenvalue weighted by molar-refractivity contribution is 0.390. The second-order valence-corrected chi connectivity index (χ2v) is 6.13. The predicted octanol–water partition coefficient (Wildman–Crippen LogP) is 2.48. The molecular formula is C17H28N4.